The third kappa shape index (κ3) is 2.60. The van der Waals surface area contributed by atoms with Gasteiger partial charge in [0.25, 0.3) is 5.91 Å². The van der Waals surface area contributed by atoms with E-state index in [0.717, 1.165) is 23.2 Å². The van der Waals surface area contributed by atoms with Crippen molar-refractivity contribution in [2.75, 3.05) is 0 Å². The van der Waals surface area contributed by atoms with Gasteiger partial charge in [0.05, 0.1) is 5.56 Å². The van der Waals surface area contributed by atoms with Crippen molar-refractivity contribution in [3.63, 3.8) is 0 Å². The quantitative estimate of drug-likeness (QED) is 0.906. The van der Waals surface area contributed by atoms with Gasteiger partial charge in [-0.1, -0.05) is 36.8 Å². The summed E-state index contributed by atoms with van der Waals surface area (Å²) in [4.78, 5) is 12.0. The standard InChI is InChI=1S/C18H24N2O/c1-6-15-17(14-9-7-12(4)8-10-14)16(18(19)21)13(5)20(15)11(2)3/h7-11H,6H2,1-5H3,(H2,19,21). The minimum Gasteiger partial charge on any atom is -0.366 e. The number of primary amides is 1. The van der Waals surface area contributed by atoms with Gasteiger partial charge in [0.1, 0.15) is 0 Å². The molecule has 0 fully saturated rings. The van der Waals surface area contributed by atoms with Crippen LogP contribution in [0.3, 0.4) is 0 Å². The Labute approximate surface area is 126 Å². The first-order valence-corrected chi connectivity index (χ1v) is 7.48. The van der Waals surface area contributed by atoms with Gasteiger partial charge in [-0.25, -0.2) is 0 Å². The highest BCUT2D eigenvalue weighted by Crippen LogP contribution is 2.35. The van der Waals surface area contributed by atoms with Gasteiger partial charge in [-0.15, -0.1) is 0 Å². The molecule has 0 aliphatic rings. The zero-order chi connectivity index (χ0) is 15.7. The predicted octanol–water partition coefficient (Wildman–Crippen LogP) is 4.01. The first-order chi connectivity index (χ1) is 9.88. The molecule has 3 heteroatoms. The topological polar surface area (TPSA) is 48.0 Å². The molecular formula is C18H24N2O. The summed E-state index contributed by atoms with van der Waals surface area (Å²) in [5.41, 5.74) is 11.7. The van der Waals surface area contributed by atoms with E-state index in [1.54, 1.807) is 0 Å². The van der Waals surface area contributed by atoms with Crippen LogP contribution >= 0.6 is 0 Å². The van der Waals surface area contributed by atoms with Crippen LogP contribution in [0.1, 0.15) is 54.1 Å². The Kier molecular flexibility index (Phi) is 4.21. The maximum absolute atomic E-state index is 12.0. The van der Waals surface area contributed by atoms with Gasteiger partial charge < -0.3 is 10.3 Å². The summed E-state index contributed by atoms with van der Waals surface area (Å²) in [6.45, 7) is 10.4. The molecule has 0 aliphatic carbocycles. The second-order valence-corrected chi connectivity index (χ2v) is 5.83. The van der Waals surface area contributed by atoms with Crippen LogP contribution in [-0.2, 0) is 6.42 Å². The Morgan fingerprint density at radius 2 is 1.76 bits per heavy atom. The van der Waals surface area contributed by atoms with Crippen LogP contribution in [0.5, 0.6) is 0 Å². The molecule has 0 saturated carbocycles. The van der Waals surface area contributed by atoms with Gasteiger partial charge in [0, 0.05) is 23.0 Å². The fraction of sp³-hybridized carbons (Fsp3) is 0.389. The first kappa shape index (κ1) is 15.4. The molecule has 1 heterocycles. The Morgan fingerprint density at radius 3 is 2.19 bits per heavy atom. The number of carbonyl (C=O) groups is 1. The van der Waals surface area contributed by atoms with Gasteiger partial charge in [0.15, 0.2) is 0 Å². The predicted molar refractivity (Wildman–Crippen MR) is 87.6 cm³/mol. The summed E-state index contributed by atoms with van der Waals surface area (Å²) in [5, 5.41) is 0. The van der Waals surface area contributed by atoms with E-state index in [2.05, 4.69) is 56.5 Å². The molecule has 0 unspecified atom stereocenters. The van der Waals surface area contributed by atoms with Crippen LogP contribution in [0.4, 0.5) is 0 Å². The summed E-state index contributed by atoms with van der Waals surface area (Å²) in [7, 11) is 0. The SMILES string of the molecule is CCc1c(-c2ccc(C)cc2)c(C(N)=O)c(C)n1C(C)C. The van der Waals surface area contributed by atoms with Gasteiger partial charge in [-0.3, -0.25) is 4.79 Å². The summed E-state index contributed by atoms with van der Waals surface area (Å²) in [5.74, 6) is -0.350. The Hall–Kier alpha value is -2.03. The number of hydrogen-bond acceptors (Lipinski definition) is 1. The zero-order valence-electron chi connectivity index (χ0n) is 13.5. The van der Waals surface area contributed by atoms with Crippen LogP contribution in [0.2, 0.25) is 0 Å². The van der Waals surface area contributed by atoms with Crippen LogP contribution in [0.25, 0.3) is 11.1 Å². The lowest BCUT2D eigenvalue weighted by molar-refractivity contribution is 0.1000. The van der Waals surface area contributed by atoms with E-state index in [1.165, 1.54) is 11.3 Å². The molecule has 1 aromatic carbocycles. The van der Waals surface area contributed by atoms with Crippen molar-refractivity contribution in [2.24, 2.45) is 5.73 Å². The largest absolute Gasteiger partial charge is 0.366 e. The van der Waals surface area contributed by atoms with E-state index in [4.69, 9.17) is 5.73 Å². The van der Waals surface area contributed by atoms with Crippen molar-refractivity contribution in [2.45, 2.75) is 47.1 Å². The monoisotopic (exact) mass is 284 g/mol. The molecule has 3 nitrogen and oxygen atoms in total. The van der Waals surface area contributed by atoms with Crippen LogP contribution < -0.4 is 5.73 Å². The highest BCUT2D eigenvalue weighted by Gasteiger charge is 2.24. The summed E-state index contributed by atoms with van der Waals surface area (Å²) in [6.07, 6.45) is 0.871. The summed E-state index contributed by atoms with van der Waals surface area (Å²) >= 11 is 0. The maximum atomic E-state index is 12.0. The van der Waals surface area contributed by atoms with Gasteiger partial charge in [0.2, 0.25) is 0 Å². The second kappa shape index (κ2) is 5.76. The smallest absolute Gasteiger partial charge is 0.251 e. The highest BCUT2D eigenvalue weighted by molar-refractivity contribution is 6.02. The molecule has 0 spiro atoms. The lowest BCUT2D eigenvalue weighted by atomic mass is 9.98. The Balaban J connectivity index is 2.82. The van der Waals surface area contributed by atoms with E-state index >= 15 is 0 Å². The molecule has 2 aromatic rings. The maximum Gasteiger partial charge on any atom is 0.251 e. The minimum absolute atomic E-state index is 0.303. The Bertz CT molecular complexity index is 664. The average molecular weight is 284 g/mol. The number of benzene rings is 1. The fourth-order valence-corrected chi connectivity index (χ4v) is 3.15. The molecule has 0 saturated heterocycles. The number of nitrogens with two attached hydrogens (primary N) is 1. The van der Waals surface area contributed by atoms with Crippen molar-refractivity contribution in [1.82, 2.24) is 4.57 Å². The minimum atomic E-state index is -0.350. The van der Waals surface area contributed by atoms with Crippen molar-refractivity contribution in [1.29, 1.82) is 0 Å². The first-order valence-electron chi connectivity index (χ1n) is 7.48. The normalized spacial score (nSPS) is 11.1. The molecular weight excluding hydrogens is 260 g/mol. The van der Waals surface area contributed by atoms with Crippen molar-refractivity contribution < 1.29 is 4.79 Å². The number of rotatable bonds is 4. The number of aromatic nitrogens is 1. The summed E-state index contributed by atoms with van der Waals surface area (Å²) < 4.78 is 2.23. The van der Waals surface area contributed by atoms with E-state index in [9.17, 15) is 4.79 Å². The van der Waals surface area contributed by atoms with Gasteiger partial charge >= 0.3 is 0 Å². The van der Waals surface area contributed by atoms with E-state index in [0.29, 0.717) is 11.6 Å². The van der Waals surface area contributed by atoms with Crippen LogP contribution in [0.15, 0.2) is 24.3 Å². The number of amides is 1. The number of hydrogen-bond donors (Lipinski definition) is 1. The molecule has 1 amide bonds. The average Bonchev–Trinajstić information content (AvgIpc) is 2.72. The number of nitrogens with zero attached hydrogens (tertiary/aromatic N) is 1. The van der Waals surface area contributed by atoms with Gasteiger partial charge in [-0.05, 0) is 39.7 Å². The molecule has 0 radical (unpaired) electrons. The third-order valence-electron chi connectivity index (χ3n) is 3.99. The molecule has 0 atom stereocenters. The highest BCUT2D eigenvalue weighted by atomic mass is 16.1. The lowest BCUT2D eigenvalue weighted by Crippen LogP contribution is -2.14. The summed E-state index contributed by atoms with van der Waals surface area (Å²) in [6, 6.07) is 8.58. The third-order valence-corrected chi connectivity index (χ3v) is 3.99. The zero-order valence-corrected chi connectivity index (χ0v) is 13.5. The molecule has 2 rings (SSSR count). The van der Waals surface area contributed by atoms with Crippen molar-refractivity contribution >= 4 is 5.91 Å². The van der Waals surface area contributed by atoms with E-state index < -0.39 is 0 Å². The molecule has 21 heavy (non-hydrogen) atoms. The molecule has 0 bridgehead atoms. The molecule has 0 aliphatic heterocycles. The van der Waals surface area contributed by atoms with Crippen LogP contribution in [0, 0.1) is 13.8 Å². The number of carbonyl (C=O) groups excluding carboxylic acids is 1. The lowest BCUT2D eigenvalue weighted by Gasteiger charge is -2.15. The molecule has 1 aromatic heterocycles. The fourth-order valence-electron chi connectivity index (χ4n) is 3.15. The van der Waals surface area contributed by atoms with Gasteiger partial charge in [-0.2, -0.15) is 0 Å². The van der Waals surface area contributed by atoms with E-state index in [1.807, 2.05) is 6.92 Å². The van der Waals surface area contributed by atoms with Crippen molar-refractivity contribution in [3.05, 3.63) is 46.8 Å². The second-order valence-electron chi connectivity index (χ2n) is 5.83. The molecule has 112 valence electrons. The van der Waals surface area contributed by atoms with Crippen molar-refractivity contribution in [3.8, 4) is 11.1 Å². The van der Waals surface area contributed by atoms with Crippen LogP contribution in [-0.4, -0.2) is 10.5 Å². The van der Waals surface area contributed by atoms with E-state index in [-0.39, 0.29) is 5.91 Å². The number of aryl methyl sites for hydroxylation is 1. The Morgan fingerprint density at radius 1 is 1.19 bits per heavy atom. The molecule has 2 N–H and O–H groups in total.